The molecule has 0 aromatic heterocycles. The third-order valence-corrected chi connectivity index (χ3v) is 7.45. The minimum absolute atomic E-state index is 0.319. The summed E-state index contributed by atoms with van der Waals surface area (Å²) < 4.78 is 6.38. The summed E-state index contributed by atoms with van der Waals surface area (Å²) in [6.07, 6.45) is 5.95. The first kappa shape index (κ1) is 16.6. The zero-order valence-corrected chi connectivity index (χ0v) is 15.6. The van der Waals surface area contributed by atoms with Gasteiger partial charge in [-0.2, -0.15) is 4.89 Å². The van der Waals surface area contributed by atoms with Gasteiger partial charge in [0.25, 0.3) is 0 Å². The van der Waals surface area contributed by atoms with E-state index in [1.807, 2.05) is 12.1 Å². The van der Waals surface area contributed by atoms with Crippen molar-refractivity contribution >= 4 is 28.8 Å². The van der Waals surface area contributed by atoms with Gasteiger partial charge in [-0.15, -0.1) is 0 Å². The zero-order chi connectivity index (χ0) is 17.2. The Hall–Kier alpha value is -0.580. The maximum absolute atomic E-state index is 6.38. The van der Waals surface area contributed by atoms with E-state index in [1.165, 1.54) is 32.1 Å². The Morgan fingerprint density at radius 2 is 1.68 bits per heavy atom. The van der Waals surface area contributed by atoms with Crippen LogP contribution in [-0.4, -0.2) is 18.5 Å². The lowest BCUT2D eigenvalue weighted by atomic mass is 9.53. The molecule has 5 aliphatic rings. The van der Waals surface area contributed by atoms with E-state index in [4.69, 9.17) is 37.7 Å². The fourth-order valence-corrected chi connectivity index (χ4v) is 5.94. The molecule has 134 valence electrons. The number of hydrogen-bond donors (Lipinski definition) is 0. The van der Waals surface area contributed by atoms with Crippen LogP contribution in [0.3, 0.4) is 0 Å². The van der Waals surface area contributed by atoms with Gasteiger partial charge < -0.3 is 4.74 Å². The summed E-state index contributed by atoms with van der Waals surface area (Å²) in [5.41, 5.74) is 1.70. The van der Waals surface area contributed by atoms with Gasteiger partial charge in [0.15, 0.2) is 0 Å². The number of ether oxygens (including phenoxy) is 1. The molecule has 1 aromatic rings. The third-order valence-electron chi connectivity index (χ3n) is 6.71. The normalized spacial score (nSPS) is 42.1. The van der Waals surface area contributed by atoms with Gasteiger partial charge in [-0.1, -0.05) is 35.8 Å². The van der Waals surface area contributed by atoms with E-state index in [0.717, 1.165) is 23.0 Å². The first-order valence-corrected chi connectivity index (χ1v) is 9.93. The largest absolute Gasteiger partial charge is 0.344 e. The first-order chi connectivity index (χ1) is 12.0. The number of hydrogen-bond acceptors (Lipinski definition) is 3. The third kappa shape index (κ3) is 2.59. The van der Waals surface area contributed by atoms with Crippen molar-refractivity contribution in [1.29, 1.82) is 0 Å². The molecule has 1 saturated heterocycles. The second-order valence-electron chi connectivity index (χ2n) is 8.16. The van der Waals surface area contributed by atoms with Crippen molar-refractivity contribution in [3.63, 3.8) is 0 Å². The molecule has 6 rings (SSSR count). The molecule has 1 spiro atoms. The summed E-state index contributed by atoms with van der Waals surface area (Å²) in [5.74, 6) is 2.15. The molecule has 0 radical (unpaired) electrons. The summed E-state index contributed by atoms with van der Waals surface area (Å²) in [7, 11) is 0. The molecule has 1 aromatic carbocycles. The van der Waals surface area contributed by atoms with E-state index in [-0.39, 0.29) is 6.10 Å². The molecule has 4 saturated carbocycles. The molecule has 1 aliphatic heterocycles. The average Bonchev–Trinajstić information content (AvgIpc) is 2.61. The van der Waals surface area contributed by atoms with E-state index in [9.17, 15) is 0 Å². The topological polar surface area (TPSA) is 27.7 Å². The Balaban J connectivity index is 1.31. The molecule has 1 heterocycles. The van der Waals surface area contributed by atoms with Crippen molar-refractivity contribution in [2.45, 2.75) is 44.0 Å². The quantitative estimate of drug-likeness (QED) is 0.633. The Morgan fingerprint density at radius 3 is 2.24 bits per heavy atom. The van der Waals surface area contributed by atoms with Crippen LogP contribution < -0.4 is 0 Å². The minimum atomic E-state index is -0.526. The highest BCUT2D eigenvalue weighted by molar-refractivity contribution is 6.42. The van der Waals surface area contributed by atoms with Crippen LogP contribution in [0, 0.1) is 23.7 Å². The number of halogens is 2. The molecule has 4 bridgehead atoms. The molecular weight excluding hydrogens is 359 g/mol. The average molecular weight is 381 g/mol. The highest BCUT2D eigenvalue weighted by Crippen LogP contribution is 2.60. The van der Waals surface area contributed by atoms with Crippen molar-refractivity contribution in [3.05, 3.63) is 40.4 Å². The second kappa shape index (κ2) is 5.97. The lowest BCUT2D eigenvalue weighted by Crippen LogP contribution is -2.63. The van der Waals surface area contributed by atoms with Crippen LogP contribution in [0.25, 0.3) is 5.57 Å². The van der Waals surface area contributed by atoms with E-state index in [2.05, 4.69) is 6.58 Å². The molecular formula is C20H22Cl2O3. The van der Waals surface area contributed by atoms with Gasteiger partial charge in [0.1, 0.15) is 6.10 Å². The highest BCUT2D eigenvalue weighted by atomic mass is 35.5. The van der Waals surface area contributed by atoms with Crippen molar-refractivity contribution < 1.29 is 14.5 Å². The Kier molecular flexibility index (Phi) is 3.96. The lowest BCUT2D eigenvalue weighted by molar-refractivity contribution is -0.517. The first-order valence-electron chi connectivity index (χ1n) is 9.18. The predicted molar refractivity (Wildman–Crippen MR) is 97.2 cm³/mol. The van der Waals surface area contributed by atoms with Crippen LogP contribution in [0.5, 0.6) is 0 Å². The fourth-order valence-electron chi connectivity index (χ4n) is 5.64. The highest BCUT2D eigenvalue weighted by Gasteiger charge is 2.61. The van der Waals surface area contributed by atoms with E-state index in [1.54, 1.807) is 6.07 Å². The number of benzene rings is 1. The molecule has 1 atom stereocenters. The van der Waals surface area contributed by atoms with Crippen LogP contribution in [0.2, 0.25) is 10.0 Å². The Morgan fingerprint density at radius 1 is 1.00 bits per heavy atom. The molecule has 1 unspecified atom stereocenters. The summed E-state index contributed by atoms with van der Waals surface area (Å²) in [6.45, 7) is 4.63. The zero-order valence-electron chi connectivity index (χ0n) is 14.0. The van der Waals surface area contributed by atoms with Gasteiger partial charge in [-0.3, -0.25) is 0 Å². The van der Waals surface area contributed by atoms with Crippen molar-refractivity contribution in [1.82, 2.24) is 0 Å². The van der Waals surface area contributed by atoms with Gasteiger partial charge in [0.2, 0.25) is 5.79 Å². The Labute approximate surface area is 158 Å². The maximum atomic E-state index is 6.38. The minimum Gasteiger partial charge on any atom is -0.344 e. The smallest absolute Gasteiger partial charge is 0.207 e. The summed E-state index contributed by atoms with van der Waals surface area (Å²) in [4.78, 5) is 11.9. The van der Waals surface area contributed by atoms with Crippen LogP contribution in [-0.2, 0) is 14.5 Å². The van der Waals surface area contributed by atoms with Crippen molar-refractivity contribution in [2.75, 3.05) is 6.61 Å². The standard InChI is InChI=1S/C20H22Cl2O3/c1-11(14-2-3-17(21)18(22)9-14)19-10-23-20(25-24-19)15-5-12-4-13(7-15)8-16(20)6-12/h2-3,9,12-13,15-16,19H,1,4-8,10H2. The van der Waals surface area contributed by atoms with E-state index >= 15 is 0 Å². The van der Waals surface area contributed by atoms with Gasteiger partial charge in [0.05, 0.1) is 16.7 Å². The van der Waals surface area contributed by atoms with Crippen LogP contribution >= 0.6 is 23.2 Å². The van der Waals surface area contributed by atoms with E-state index in [0.29, 0.717) is 28.5 Å². The molecule has 0 amide bonds. The molecule has 25 heavy (non-hydrogen) atoms. The monoisotopic (exact) mass is 380 g/mol. The molecule has 5 heteroatoms. The SMILES string of the molecule is C=C(c1ccc(Cl)c(Cl)c1)C1COC2(OO1)C1CC3CC(C1)CC2C3. The lowest BCUT2D eigenvalue weighted by Gasteiger charge is -2.60. The predicted octanol–water partition coefficient (Wildman–Crippen LogP) is 5.51. The fraction of sp³-hybridized carbons (Fsp3) is 0.600. The van der Waals surface area contributed by atoms with Crippen molar-refractivity contribution in [3.8, 4) is 0 Å². The summed E-state index contributed by atoms with van der Waals surface area (Å²) in [6, 6.07) is 5.48. The van der Waals surface area contributed by atoms with Crippen molar-refractivity contribution in [2.24, 2.45) is 23.7 Å². The van der Waals surface area contributed by atoms with Crippen LogP contribution in [0.4, 0.5) is 0 Å². The Bertz CT molecular complexity index is 679. The van der Waals surface area contributed by atoms with Crippen LogP contribution in [0.1, 0.15) is 37.7 Å². The second-order valence-corrected chi connectivity index (χ2v) is 8.97. The van der Waals surface area contributed by atoms with Crippen LogP contribution in [0.15, 0.2) is 24.8 Å². The van der Waals surface area contributed by atoms with Gasteiger partial charge in [0, 0.05) is 11.8 Å². The molecule has 4 aliphatic carbocycles. The molecule has 5 fully saturated rings. The summed E-state index contributed by atoms with van der Waals surface area (Å²) in [5, 5.41) is 1.04. The summed E-state index contributed by atoms with van der Waals surface area (Å²) >= 11 is 12.1. The molecule has 3 nitrogen and oxygen atoms in total. The maximum Gasteiger partial charge on any atom is 0.207 e. The van der Waals surface area contributed by atoms with E-state index < -0.39 is 5.79 Å². The molecule has 0 N–H and O–H groups in total. The number of rotatable bonds is 2. The van der Waals surface area contributed by atoms with Gasteiger partial charge in [-0.25, -0.2) is 4.89 Å². The van der Waals surface area contributed by atoms with Gasteiger partial charge >= 0.3 is 0 Å². The van der Waals surface area contributed by atoms with Gasteiger partial charge in [-0.05, 0) is 67.2 Å².